The summed E-state index contributed by atoms with van der Waals surface area (Å²) in [6.45, 7) is 6.68. The number of pyridine rings is 2. The van der Waals surface area contributed by atoms with E-state index in [1.54, 1.807) is 31.3 Å². The molecule has 0 atom stereocenters. The number of carbonyl (C=O) groups excluding carboxylic acids is 1. The van der Waals surface area contributed by atoms with Gasteiger partial charge in [0.05, 0.1) is 17.2 Å². The predicted octanol–water partition coefficient (Wildman–Crippen LogP) is 2.32. The Kier molecular flexibility index (Phi) is 3.79. The van der Waals surface area contributed by atoms with E-state index in [9.17, 15) is 9.59 Å². The molecule has 20 heavy (non-hydrogen) atoms. The number of hydrogen-bond donors (Lipinski definition) is 0. The Morgan fingerprint density at radius 1 is 1.25 bits per heavy atom. The minimum Gasteiger partial charge on any atom is -0.487 e. The van der Waals surface area contributed by atoms with Gasteiger partial charge in [0.15, 0.2) is 11.5 Å². The topological polar surface area (TPSA) is 57.0 Å². The highest BCUT2D eigenvalue weighted by atomic mass is 16.6. The molecular formula is C15H17NO4. The van der Waals surface area contributed by atoms with Crippen LogP contribution in [0.25, 0.3) is 5.52 Å². The summed E-state index contributed by atoms with van der Waals surface area (Å²) in [7, 11) is 0. The smallest absolute Gasteiger partial charge is 0.308 e. The number of rotatable bonds is 3. The lowest BCUT2D eigenvalue weighted by molar-refractivity contribution is -0.131. The van der Waals surface area contributed by atoms with E-state index in [2.05, 4.69) is 0 Å². The van der Waals surface area contributed by atoms with Gasteiger partial charge in [-0.1, -0.05) is 6.07 Å². The van der Waals surface area contributed by atoms with Gasteiger partial charge in [-0.2, -0.15) is 0 Å². The monoisotopic (exact) mass is 275 g/mol. The minimum atomic E-state index is -0.456. The molecule has 2 aromatic rings. The molecule has 0 bridgehead atoms. The fraction of sp³-hybridized carbons (Fsp3) is 0.333. The molecule has 0 saturated heterocycles. The highest BCUT2D eigenvalue weighted by Crippen LogP contribution is 2.34. The quantitative estimate of drug-likeness (QED) is 0.807. The van der Waals surface area contributed by atoms with Gasteiger partial charge < -0.3 is 9.47 Å². The van der Waals surface area contributed by atoms with E-state index in [-0.39, 0.29) is 17.4 Å². The zero-order chi connectivity index (χ0) is 14.9. The van der Waals surface area contributed by atoms with Crippen molar-refractivity contribution >= 4 is 11.5 Å². The first-order valence-corrected chi connectivity index (χ1v) is 6.41. The molecule has 5 nitrogen and oxygen atoms in total. The molecule has 0 amide bonds. The average Bonchev–Trinajstić information content (AvgIpc) is 2.39. The summed E-state index contributed by atoms with van der Waals surface area (Å²) in [6, 6.07) is 5.23. The van der Waals surface area contributed by atoms with E-state index in [1.165, 1.54) is 11.3 Å². The normalized spacial score (nSPS) is 10.8. The number of esters is 1. The second-order valence-electron chi connectivity index (χ2n) is 4.80. The van der Waals surface area contributed by atoms with Crippen LogP contribution in [0.15, 0.2) is 29.2 Å². The van der Waals surface area contributed by atoms with Crippen molar-refractivity contribution in [1.82, 2.24) is 4.40 Å². The summed E-state index contributed by atoms with van der Waals surface area (Å²) in [5.41, 5.74) is 0.736. The molecule has 0 unspecified atom stereocenters. The van der Waals surface area contributed by atoms with E-state index in [0.29, 0.717) is 16.8 Å². The van der Waals surface area contributed by atoms with Crippen LogP contribution in [0.2, 0.25) is 0 Å². The molecule has 106 valence electrons. The highest BCUT2D eigenvalue weighted by Gasteiger charge is 2.20. The molecule has 2 heterocycles. The van der Waals surface area contributed by atoms with E-state index < -0.39 is 5.97 Å². The second kappa shape index (κ2) is 5.36. The first-order chi connectivity index (χ1) is 9.41. The van der Waals surface area contributed by atoms with Gasteiger partial charge in [0.2, 0.25) is 0 Å². The SMILES string of the molecule is CC(=O)Oc1c(OC(C)C)c(C)c(=O)n2ccccc12. The van der Waals surface area contributed by atoms with Crippen molar-refractivity contribution in [3.63, 3.8) is 0 Å². The van der Waals surface area contributed by atoms with Crippen molar-refractivity contribution in [2.24, 2.45) is 0 Å². The number of aromatic nitrogens is 1. The van der Waals surface area contributed by atoms with Crippen LogP contribution in [-0.2, 0) is 4.79 Å². The van der Waals surface area contributed by atoms with Crippen molar-refractivity contribution in [2.45, 2.75) is 33.8 Å². The Bertz CT molecular complexity index is 716. The maximum Gasteiger partial charge on any atom is 0.308 e. The van der Waals surface area contributed by atoms with Crippen molar-refractivity contribution in [1.29, 1.82) is 0 Å². The maximum atomic E-state index is 12.3. The van der Waals surface area contributed by atoms with Gasteiger partial charge in [-0.25, -0.2) is 0 Å². The fourth-order valence-corrected chi connectivity index (χ4v) is 1.99. The Balaban J connectivity index is 2.83. The third-order valence-corrected chi connectivity index (χ3v) is 2.78. The molecule has 0 aliphatic rings. The highest BCUT2D eigenvalue weighted by molar-refractivity contribution is 5.77. The number of ether oxygens (including phenoxy) is 2. The average molecular weight is 275 g/mol. The van der Waals surface area contributed by atoms with E-state index in [1.807, 2.05) is 13.8 Å². The first kappa shape index (κ1) is 14.1. The van der Waals surface area contributed by atoms with E-state index in [4.69, 9.17) is 9.47 Å². The summed E-state index contributed by atoms with van der Waals surface area (Å²) in [4.78, 5) is 23.6. The molecule has 0 aliphatic carbocycles. The van der Waals surface area contributed by atoms with Gasteiger partial charge in [-0.15, -0.1) is 0 Å². The maximum absolute atomic E-state index is 12.3. The van der Waals surface area contributed by atoms with Crippen molar-refractivity contribution in [2.75, 3.05) is 0 Å². The number of fused-ring (bicyclic) bond motifs is 1. The number of hydrogen-bond acceptors (Lipinski definition) is 4. The molecule has 0 N–H and O–H groups in total. The van der Waals surface area contributed by atoms with Crippen LogP contribution >= 0.6 is 0 Å². The van der Waals surface area contributed by atoms with Gasteiger partial charge in [0.1, 0.15) is 0 Å². The summed E-state index contributed by atoms with van der Waals surface area (Å²) in [5, 5.41) is 0. The van der Waals surface area contributed by atoms with Crippen molar-refractivity contribution in [3.8, 4) is 11.5 Å². The lowest BCUT2D eigenvalue weighted by Gasteiger charge is -2.17. The zero-order valence-electron chi connectivity index (χ0n) is 12.0. The van der Waals surface area contributed by atoms with Crippen molar-refractivity contribution in [3.05, 3.63) is 40.3 Å². The van der Waals surface area contributed by atoms with Crippen LogP contribution in [0, 0.1) is 6.92 Å². The van der Waals surface area contributed by atoms with Crippen molar-refractivity contribution < 1.29 is 14.3 Å². The number of carbonyl (C=O) groups is 1. The molecule has 0 spiro atoms. The molecule has 0 fully saturated rings. The lowest BCUT2D eigenvalue weighted by Crippen LogP contribution is -2.21. The van der Waals surface area contributed by atoms with Gasteiger partial charge >= 0.3 is 5.97 Å². The Morgan fingerprint density at radius 3 is 2.55 bits per heavy atom. The fourth-order valence-electron chi connectivity index (χ4n) is 1.99. The van der Waals surface area contributed by atoms with E-state index in [0.717, 1.165) is 0 Å². The Labute approximate surface area is 116 Å². The predicted molar refractivity (Wildman–Crippen MR) is 75.5 cm³/mol. The van der Waals surface area contributed by atoms with Crippen LogP contribution in [0.5, 0.6) is 11.5 Å². The molecule has 5 heteroatoms. The molecule has 0 saturated carbocycles. The molecule has 0 radical (unpaired) electrons. The van der Waals surface area contributed by atoms with Crippen LogP contribution in [0.3, 0.4) is 0 Å². The first-order valence-electron chi connectivity index (χ1n) is 6.41. The van der Waals surface area contributed by atoms with E-state index >= 15 is 0 Å². The zero-order valence-corrected chi connectivity index (χ0v) is 12.0. The summed E-state index contributed by atoms with van der Waals surface area (Å²) < 4.78 is 12.4. The molecule has 2 aromatic heterocycles. The van der Waals surface area contributed by atoms with Crippen LogP contribution in [0.1, 0.15) is 26.3 Å². The third kappa shape index (κ3) is 2.52. The third-order valence-electron chi connectivity index (χ3n) is 2.78. The minimum absolute atomic E-state index is 0.131. The molecular weight excluding hydrogens is 258 g/mol. The van der Waals surface area contributed by atoms with Crippen LogP contribution in [-0.4, -0.2) is 16.5 Å². The molecule has 0 aliphatic heterocycles. The second-order valence-corrected chi connectivity index (χ2v) is 4.80. The summed E-state index contributed by atoms with van der Waals surface area (Å²) >= 11 is 0. The number of nitrogens with zero attached hydrogens (tertiary/aromatic N) is 1. The standard InChI is InChI=1S/C15H17NO4/c1-9(2)19-13-10(3)15(18)16-8-6-5-7-12(16)14(13)20-11(4)17/h5-9H,1-4H3. The van der Waals surface area contributed by atoms with Gasteiger partial charge in [0, 0.05) is 13.1 Å². The summed E-state index contributed by atoms with van der Waals surface area (Å²) in [5.74, 6) is 0.151. The molecule has 0 aromatic carbocycles. The van der Waals surface area contributed by atoms with Gasteiger partial charge in [0.25, 0.3) is 5.56 Å². The Morgan fingerprint density at radius 2 is 1.95 bits per heavy atom. The van der Waals surface area contributed by atoms with Gasteiger partial charge in [-0.05, 0) is 32.9 Å². The lowest BCUT2D eigenvalue weighted by atomic mass is 10.2. The molecule has 2 rings (SSSR count). The van der Waals surface area contributed by atoms with Crippen LogP contribution in [0.4, 0.5) is 0 Å². The largest absolute Gasteiger partial charge is 0.487 e. The van der Waals surface area contributed by atoms with Gasteiger partial charge in [-0.3, -0.25) is 14.0 Å². The summed E-state index contributed by atoms with van der Waals surface area (Å²) in [6.07, 6.45) is 1.50. The Hall–Kier alpha value is -2.30. The van der Waals surface area contributed by atoms with Crippen LogP contribution < -0.4 is 15.0 Å².